The van der Waals surface area contributed by atoms with Crippen LogP contribution in [-0.2, 0) is 6.54 Å². The minimum atomic E-state index is 0.112. The zero-order valence-corrected chi connectivity index (χ0v) is 12.0. The molecular formula is C17H23NO2. The van der Waals surface area contributed by atoms with Gasteiger partial charge in [0.15, 0.2) is 0 Å². The first-order valence-corrected chi connectivity index (χ1v) is 7.28. The summed E-state index contributed by atoms with van der Waals surface area (Å²) in [5.41, 5.74) is 2.24. The molecule has 3 heteroatoms. The highest BCUT2D eigenvalue weighted by Gasteiger charge is 2.30. The molecule has 1 saturated heterocycles. The second kappa shape index (κ2) is 7.44. The lowest BCUT2D eigenvalue weighted by atomic mass is 10.0. The Kier molecular flexibility index (Phi) is 5.60. The molecule has 2 N–H and O–H groups in total. The minimum Gasteiger partial charge on any atom is -0.395 e. The van der Waals surface area contributed by atoms with Crippen LogP contribution >= 0.6 is 0 Å². The van der Waals surface area contributed by atoms with Crippen LogP contribution in [0.25, 0.3) is 0 Å². The fourth-order valence-corrected chi connectivity index (χ4v) is 2.73. The zero-order valence-electron chi connectivity index (χ0n) is 12.0. The van der Waals surface area contributed by atoms with E-state index >= 15 is 0 Å². The predicted octanol–water partition coefficient (Wildman–Crippen LogP) is 1.62. The first kappa shape index (κ1) is 15.1. The number of hydrogen-bond acceptors (Lipinski definition) is 3. The van der Waals surface area contributed by atoms with Gasteiger partial charge in [0.05, 0.1) is 13.2 Å². The van der Waals surface area contributed by atoms with Gasteiger partial charge in [-0.25, -0.2) is 0 Å². The first-order valence-electron chi connectivity index (χ1n) is 7.28. The third-order valence-corrected chi connectivity index (χ3v) is 3.99. The van der Waals surface area contributed by atoms with E-state index in [4.69, 9.17) is 5.11 Å². The van der Waals surface area contributed by atoms with E-state index in [0.717, 1.165) is 25.1 Å². The lowest BCUT2D eigenvalue weighted by molar-refractivity contribution is 0.134. The lowest BCUT2D eigenvalue weighted by Gasteiger charge is -2.25. The van der Waals surface area contributed by atoms with E-state index in [0.29, 0.717) is 18.4 Å². The molecule has 0 bridgehead atoms. The SMILES string of the molecule is CC1CCN(Cc2ccc(C#CCCO)cc2)C1CO. The van der Waals surface area contributed by atoms with Crippen LogP contribution in [0.15, 0.2) is 24.3 Å². The summed E-state index contributed by atoms with van der Waals surface area (Å²) >= 11 is 0. The van der Waals surface area contributed by atoms with Crippen molar-refractivity contribution in [2.24, 2.45) is 5.92 Å². The summed E-state index contributed by atoms with van der Waals surface area (Å²) in [6, 6.07) is 8.53. The van der Waals surface area contributed by atoms with E-state index in [-0.39, 0.29) is 13.2 Å². The van der Waals surface area contributed by atoms with Gasteiger partial charge in [0.1, 0.15) is 0 Å². The van der Waals surface area contributed by atoms with Gasteiger partial charge in [-0.15, -0.1) is 0 Å². The summed E-state index contributed by atoms with van der Waals surface area (Å²) in [6.45, 7) is 4.51. The van der Waals surface area contributed by atoms with E-state index in [1.165, 1.54) is 5.56 Å². The third-order valence-electron chi connectivity index (χ3n) is 3.99. The molecule has 0 aliphatic carbocycles. The molecule has 1 aliphatic heterocycles. The van der Waals surface area contributed by atoms with Gasteiger partial charge in [-0.3, -0.25) is 4.90 Å². The molecule has 2 unspecified atom stereocenters. The van der Waals surface area contributed by atoms with Gasteiger partial charge in [0.25, 0.3) is 0 Å². The van der Waals surface area contributed by atoms with Crippen molar-refractivity contribution in [3.63, 3.8) is 0 Å². The van der Waals surface area contributed by atoms with Crippen molar-refractivity contribution in [1.29, 1.82) is 0 Å². The molecule has 0 saturated carbocycles. The first-order chi connectivity index (χ1) is 9.74. The molecule has 1 aromatic carbocycles. The highest BCUT2D eigenvalue weighted by Crippen LogP contribution is 2.25. The molecule has 1 fully saturated rings. The Morgan fingerprint density at radius 3 is 2.65 bits per heavy atom. The van der Waals surface area contributed by atoms with Crippen LogP contribution < -0.4 is 0 Å². The maximum atomic E-state index is 9.47. The average molecular weight is 273 g/mol. The molecule has 1 aromatic rings. The second-order valence-electron chi connectivity index (χ2n) is 5.46. The fraction of sp³-hybridized carbons (Fsp3) is 0.529. The molecular weight excluding hydrogens is 250 g/mol. The maximum Gasteiger partial charge on any atom is 0.0589 e. The standard InChI is InChI=1S/C17H23NO2/c1-14-9-10-18(17(14)13-20)12-16-7-5-15(6-8-16)4-2-3-11-19/h5-8,14,17,19-20H,3,9-13H2,1H3. The summed E-state index contributed by atoms with van der Waals surface area (Å²) < 4.78 is 0. The Bertz CT molecular complexity index is 472. The van der Waals surface area contributed by atoms with Crippen LogP contribution in [0.4, 0.5) is 0 Å². The van der Waals surface area contributed by atoms with Gasteiger partial charge in [0.2, 0.25) is 0 Å². The molecule has 2 rings (SSSR count). The van der Waals surface area contributed by atoms with E-state index in [2.05, 4.69) is 35.8 Å². The fourth-order valence-electron chi connectivity index (χ4n) is 2.73. The summed E-state index contributed by atoms with van der Waals surface area (Å²) in [7, 11) is 0. The molecule has 20 heavy (non-hydrogen) atoms. The highest BCUT2D eigenvalue weighted by molar-refractivity contribution is 5.36. The topological polar surface area (TPSA) is 43.7 Å². The highest BCUT2D eigenvalue weighted by atomic mass is 16.3. The Hall–Kier alpha value is -1.34. The minimum absolute atomic E-state index is 0.112. The molecule has 0 aromatic heterocycles. The normalized spacial score (nSPS) is 22.6. The summed E-state index contributed by atoms with van der Waals surface area (Å²) in [5, 5.41) is 18.2. The quantitative estimate of drug-likeness (QED) is 0.819. The predicted molar refractivity (Wildman–Crippen MR) is 80.1 cm³/mol. The van der Waals surface area contributed by atoms with E-state index < -0.39 is 0 Å². The van der Waals surface area contributed by atoms with Gasteiger partial charge in [-0.2, -0.15) is 0 Å². The van der Waals surface area contributed by atoms with Gasteiger partial charge < -0.3 is 10.2 Å². The Labute approximate surface area is 121 Å². The van der Waals surface area contributed by atoms with Crippen LogP contribution in [0, 0.1) is 17.8 Å². The van der Waals surface area contributed by atoms with Crippen molar-refractivity contribution < 1.29 is 10.2 Å². The number of benzene rings is 1. The van der Waals surface area contributed by atoms with Gasteiger partial charge in [0, 0.05) is 24.6 Å². The molecule has 2 atom stereocenters. The number of nitrogens with zero attached hydrogens (tertiary/aromatic N) is 1. The van der Waals surface area contributed by atoms with E-state index in [1.54, 1.807) is 0 Å². The van der Waals surface area contributed by atoms with Crippen LogP contribution in [-0.4, -0.2) is 40.9 Å². The third kappa shape index (κ3) is 3.83. The van der Waals surface area contributed by atoms with Gasteiger partial charge >= 0.3 is 0 Å². The second-order valence-corrected chi connectivity index (χ2v) is 5.46. The summed E-state index contributed by atoms with van der Waals surface area (Å²) in [5.74, 6) is 6.53. The monoisotopic (exact) mass is 273 g/mol. The molecule has 0 amide bonds. The Balaban J connectivity index is 1.96. The lowest BCUT2D eigenvalue weighted by Crippen LogP contribution is -2.34. The van der Waals surface area contributed by atoms with Crippen molar-refractivity contribution in [2.75, 3.05) is 19.8 Å². The zero-order chi connectivity index (χ0) is 14.4. The Morgan fingerprint density at radius 2 is 2.00 bits per heavy atom. The molecule has 1 heterocycles. The number of hydrogen-bond donors (Lipinski definition) is 2. The largest absolute Gasteiger partial charge is 0.395 e. The molecule has 3 nitrogen and oxygen atoms in total. The van der Waals surface area contributed by atoms with Crippen LogP contribution in [0.5, 0.6) is 0 Å². The van der Waals surface area contributed by atoms with Crippen LogP contribution in [0.2, 0.25) is 0 Å². The smallest absolute Gasteiger partial charge is 0.0589 e. The van der Waals surface area contributed by atoms with Gasteiger partial charge in [-0.1, -0.05) is 30.9 Å². The van der Waals surface area contributed by atoms with Crippen LogP contribution in [0.3, 0.4) is 0 Å². The van der Waals surface area contributed by atoms with Crippen molar-refractivity contribution in [3.05, 3.63) is 35.4 Å². The molecule has 0 spiro atoms. The Morgan fingerprint density at radius 1 is 1.25 bits per heavy atom. The van der Waals surface area contributed by atoms with E-state index in [9.17, 15) is 5.11 Å². The molecule has 0 radical (unpaired) electrons. The number of aliphatic hydroxyl groups is 2. The van der Waals surface area contributed by atoms with Crippen molar-refractivity contribution >= 4 is 0 Å². The van der Waals surface area contributed by atoms with Crippen LogP contribution in [0.1, 0.15) is 30.9 Å². The van der Waals surface area contributed by atoms with Crippen molar-refractivity contribution in [3.8, 4) is 11.8 Å². The molecule has 108 valence electrons. The van der Waals surface area contributed by atoms with Crippen molar-refractivity contribution in [2.45, 2.75) is 32.4 Å². The molecule has 1 aliphatic rings. The number of likely N-dealkylation sites (tertiary alicyclic amines) is 1. The van der Waals surface area contributed by atoms with Crippen molar-refractivity contribution in [1.82, 2.24) is 4.90 Å². The number of aliphatic hydroxyl groups excluding tert-OH is 2. The van der Waals surface area contributed by atoms with E-state index in [1.807, 2.05) is 12.1 Å². The average Bonchev–Trinajstić information content (AvgIpc) is 2.81. The summed E-state index contributed by atoms with van der Waals surface area (Å²) in [6.07, 6.45) is 1.68. The van der Waals surface area contributed by atoms with Gasteiger partial charge in [-0.05, 0) is 36.6 Å². The maximum absolute atomic E-state index is 9.47. The summed E-state index contributed by atoms with van der Waals surface area (Å²) in [4.78, 5) is 2.36. The number of rotatable bonds is 4.